The molecule has 0 unspecified atom stereocenters. The number of anilines is 1. The van der Waals surface area contributed by atoms with Gasteiger partial charge in [-0.3, -0.25) is 4.79 Å². The average Bonchev–Trinajstić information content (AvgIpc) is 2.56. The quantitative estimate of drug-likeness (QED) is 0.767. The predicted molar refractivity (Wildman–Crippen MR) is 77.8 cm³/mol. The van der Waals surface area contributed by atoms with Crippen LogP contribution in [0.2, 0.25) is 0 Å². The first kappa shape index (κ1) is 15.7. The number of ether oxygens (including phenoxy) is 2. The van der Waals surface area contributed by atoms with E-state index in [1.165, 1.54) is 0 Å². The molecule has 2 rings (SSSR count). The summed E-state index contributed by atoms with van der Waals surface area (Å²) in [4.78, 5) is 22.8. The number of piperidine rings is 1. The number of hydrogen-bond acceptors (Lipinski definition) is 6. The normalized spacial score (nSPS) is 18.8. The maximum absolute atomic E-state index is 12.2. The fourth-order valence-corrected chi connectivity index (χ4v) is 2.42. The molecule has 0 aromatic carbocycles. The standard InChI is InChI=1S/C14H22N4O3/c1-20-12(21-2)9-17-13(19)11-5-3-8-18(10-11)14-15-6-4-7-16-14/h4,6-7,11-12H,3,5,8-10H2,1-2H3,(H,17,19)/t11-/m0/s1. The lowest BCUT2D eigenvalue weighted by Gasteiger charge is -2.32. The number of methoxy groups -OCH3 is 2. The van der Waals surface area contributed by atoms with Crippen LogP contribution >= 0.6 is 0 Å². The molecule has 0 aliphatic carbocycles. The van der Waals surface area contributed by atoms with Gasteiger partial charge in [0.2, 0.25) is 11.9 Å². The van der Waals surface area contributed by atoms with Crippen molar-refractivity contribution in [2.75, 3.05) is 38.8 Å². The van der Waals surface area contributed by atoms with Gasteiger partial charge >= 0.3 is 0 Å². The average molecular weight is 294 g/mol. The number of aromatic nitrogens is 2. The number of amides is 1. The molecule has 0 saturated carbocycles. The second kappa shape index (κ2) is 7.90. The lowest BCUT2D eigenvalue weighted by Crippen LogP contribution is -2.45. The molecule has 0 radical (unpaired) electrons. The molecule has 1 atom stereocenters. The molecule has 1 aromatic rings. The Morgan fingerprint density at radius 2 is 2.14 bits per heavy atom. The molecule has 0 bridgehead atoms. The van der Waals surface area contributed by atoms with Crippen molar-refractivity contribution in [2.45, 2.75) is 19.1 Å². The van der Waals surface area contributed by atoms with Crippen molar-refractivity contribution in [3.8, 4) is 0 Å². The van der Waals surface area contributed by atoms with Crippen molar-refractivity contribution in [1.29, 1.82) is 0 Å². The van der Waals surface area contributed by atoms with Crippen LogP contribution in [-0.2, 0) is 14.3 Å². The van der Waals surface area contributed by atoms with Crippen LogP contribution < -0.4 is 10.2 Å². The summed E-state index contributed by atoms with van der Waals surface area (Å²) in [5.41, 5.74) is 0. The fraction of sp³-hybridized carbons (Fsp3) is 0.643. The van der Waals surface area contributed by atoms with Crippen LogP contribution in [0.3, 0.4) is 0 Å². The Labute approximate surface area is 124 Å². The molecule has 21 heavy (non-hydrogen) atoms. The lowest BCUT2D eigenvalue weighted by atomic mass is 9.97. The first-order valence-electron chi connectivity index (χ1n) is 7.10. The summed E-state index contributed by atoms with van der Waals surface area (Å²) in [6.45, 7) is 1.87. The molecule has 1 amide bonds. The molecule has 2 heterocycles. The molecule has 1 fully saturated rings. The van der Waals surface area contributed by atoms with E-state index in [1.807, 2.05) is 0 Å². The molecule has 1 saturated heterocycles. The van der Waals surface area contributed by atoms with Crippen LogP contribution in [0.5, 0.6) is 0 Å². The Bertz CT molecular complexity index is 439. The van der Waals surface area contributed by atoms with E-state index in [0.29, 0.717) is 19.0 Å². The third-order valence-corrected chi connectivity index (χ3v) is 3.60. The van der Waals surface area contributed by atoms with Gasteiger partial charge in [0.05, 0.1) is 12.5 Å². The molecule has 116 valence electrons. The maximum Gasteiger partial charge on any atom is 0.225 e. The third kappa shape index (κ3) is 4.37. The molecule has 1 N–H and O–H groups in total. The van der Waals surface area contributed by atoms with Crippen LogP contribution in [0.15, 0.2) is 18.5 Å². The minimum Gasteiger partial charge on any atom is -0.354 e. The molecule has 1 aliphatic heterocycles. The SMILES string of the molecule is COC(CNC(=O)[C@H]1CCCN(c2ncccn2)C1)OC. The fourth-order valence-electron chi connectivity index (χ4n) is 2.42. The summed E-state index contributed by atoms with van der Waals surface area (Å²) in [7, 11) is 3.10. The Kier molecular flexibility index (Phi) is 5.89. The highest BCUT2D eigenvalue weighted by atomic mass is 16.7. The topological polar surface area (TPSA) is 76.6 Å². The summed E-state index contributed by atoms with van der Waals surface area (Å²) in [5.74, 6) is 0.647. The van der Waals surface area contributed by atoms with E-state index >= 15 is 0 Å². The predicted octanol–water partition coefficient (Wildman–Crippen LogP) is 0.428. The Morgan fingerprint density at radius 3 is 2.81 bits per heavy atom. The number of carbonyl (C=O) groups excluding carboxylic acids is 1. The highest BCUT2D eigenvalue weighted by Crippen LogP contribution is 2.20. The zero-order valence-electron chi connectivity index (χ0n) is 12.5. The van der Waals surface area contributed by atoms with Gasteiger partial charge in [-0.05, 0) is 18.9 Å². The van der Waals surface area contributed by atoms with Gasteiger partial charge in [0, 0.05) is 39.7 Å². The van der Waals surface area contributed by atoms with Crippen molar-refractivity contribution >= 4 is 11.9 Å². The Morgan fingerprint density at radius 1 is 1.43 bits per heavy atom. The van der Waals surface area contributed by atoms with Crippen molar-refractivity contribution < 1.29 is 14.3 Å². The van der Waals surface area contributed by atoms with E-state index in [4.69, 9.17) is 9.47 Å². The van der Waals surface area contributed by atoms with Gasteiger partial charge in [-0.2, -0.15) is 0 Å². The van der Waals surface area contributed by atoms with E-state index < -0.39 is 6.29 Å². The number of nitrogens with zero attached hydrogens (tertiary/aromatic N) is 3. The highest BCUT2D eigenvalue weighted by Gasteiger charge is 2.27. The van der Waals surface area contributed by atoms with Crippen molar-refractivity contribution in [3.05, 3.63) is 18.5 Å². The molecule has 7 heteroatoms. The smallest absolute Gasteiger partial charge is 0.225 e. The number of carbonyl (C=O) groups is 1. The van der Waals surface area contributed by atoms with Crippen LogP contribution in [0.25, 0.3) is 0 Å². The Hall–Kier alpha value is -1.73. The number of hydrogen-bond donors (Lipinski definition) is 1. The van der Waals surface area contributed by atoms with Gasteiger partial charge in [-0.25, -0.2) is 9.97 Å². The zero-order chi connectivity index (χ0) is 15.1. The minimum atomic E-state index is -0.411. The first-order chi connectivity index (χ1) is 10.2. The highest BCUT2D eigenvalue weighted by molar-refractivity contribution is 5.79. The van der Waals surface area contributed by atoms with E-state index in [0.717, 1.165) is 19.4 Å². The van der Waals surface area contributed by atoms with Gasteiger partial charge in [0.1, 0.15) is 0 Å². The molecule has 1 aromatic heterocycles. The monoisotopic (exact) mass is 294 g/mol. The summed E-state index contributed by atoms with van der Waals surface area (Å²) >= 11 is 0. The van der Waals surface area contributed by atoms with Crippen LogP contribution in [0.1, 0.15) is 12.8 Å². The van der Waals surface area contributed by atoms with E-state index in [-0.39, 0.29) is 11.8 Å². The molecule has 7 nitrogen and oxygen atoms in total. The molecule has 1 aliphatic rings. The van der Waals surface area contributed by atoms with Gasteiger partial charge < -0.3 is 19.7 Å². The zero-order valence-corrected chi connectivity index (χ0v) is 12.5. The van der Waals surface area contributed by atoms with Gasteiger partial charge in [0.25, 0.3) is 0 Å². The number of rotatable bonds is 6. The lowest BCUT2D eigenvalue weighted by molar-refractivity contribution is -0.131. The van der Waals surface area contributed by atoms with Crippen molar-refractivity contribution in [1.82, 2.24) is 15.3 Å². The second-order valence-corrected chi connectivity index (χ2v) is 4.98. The maximum atomic E-state index is 12.2. The summed E-state index contributed by atoms with van der Waals surface area (Å²) in [6.07, 6.45) is 4.85. The van der Waals surface area contributed by atoms with Gasteiger partial charge in [-0.15, -0.1) is 0 Å². The third-order valence-electron chi connectivity index (χ3n) is 3.60. The van der Waals surface area contributed by atoms with Crippen LogP contribution in [0.4, 0.5) is 5.95 Å². The largest absolute Gasteiger partial charge is 0.354 e. The van der Waals surface area contributed by atoms with E-state index in [9.17, 15) is 4.79 Å². The second-order valence-electron chi connectivity index (χ2n) is 4.98. The molecule has 0 spiro atoms. The van der Waals surface area contributed by atoms with E-state index in [2.05, 4.69) is 20.2 Å². The van der Waals surface area contributed by atoms with Crippen LogP contribution in [-0.4, -0.2) is 56.0 Å². The summed E-state index contributed by atoms with van der Waals surface area (Å²) in [5, 5.41) is 2.87. The first-order valence-corrected chi connectivity index (χ1v) is 7.10. The van der Waals surface area contributed by atoms with Gasteiger partial charge in [0.15, 0.2) is 6.29 Å². The van der Waals surface area contributed by atoms with Crippen LogP contribution in [0, 0.1) is 5.92 Å². The van der Waals surface area contributed by atoms with Gasteiger partial charge in [-0.1, -0.05) is 0 Å². The molecular formula is C14H22N4O3. The van der Waals surface area contributed by atoms with Crippen molar-refractivity contribution in [3.63, 3.8) is 0 Å². The Balaban J connectivity index is 1.87. The number of nitrogens with one attached hydrogen (secondary N) is 1. The molecular weight excluding hydrogens is 272 g/mol. The van der Waals surface area contributed by atoms with Crippen molar-refractivity contribution in [2.24, 2.45) is 5.92 Å². The minimum absolute atomic E-state index is 0.0229. The summed E-state index contributed by atoms with van der Waals surface area (Å²) < 4.78 is 10.1. The summed E-state index contributed by atoms with van der Waals surface area (Å²) in [6, 6.07) is 1.78. The van der Waals surface area contributed by atoms with E-state index in [1.54, 1.807) is 32.7 Å².